The van der Waals surface area contributed by atoms with Crippen molar-refractivity contribution in [1.82, 2.24) is 4.83 Å². The maximum atomic E-state index is 11.5. The number of carbonyl (C=O) groups is 1. The Bertz CT molecular complexity index is 609. The summed E-state index contributed by atoms with van der Waals surface area (Å²) in [4.78, 5) is 21.0. The van der Waals surface area contributed by atoms with Crippen LogP contribution in [0.5, 0.6) is 0 Å². The molecule has 96 valence electrons. The van der Waals surface area contributed by atoms with Gasteiger partial charge in [0.15, 0.2) is 0 Å². The Kier molecular flexibility index (Phi) is 3.94. The SMILES string of the molecule is O=C(O)C=NNS(=O)(=O)c1cccc([N+](=O)[O-])c1. The van der Waals surface area contributed by atoms with Gasteiger partial charge in [-0.2, -0.15) is 18.4 Å². The first-order valence-electron chi connectivity index (χ1n) is 4.35. The van der Waals surface area contributed by atoms with Gasteiger partial charge in [-0.05, 0) is 6.07 Å². The van der Waals surface area contributed by atoms with Gasteiger partial charge in [0.2, 0.25) is 0 Å². The lowest BCUT2D eigenvalue weighted by atomic mass is 10.3. The molecular formula is C8H7N3O6S. The first kappa shape index (κ1) is 13.6. The van der Waals surface area contributed by atoms with E-state index in [4.69, 9.17) is 5.11 Å². The first-order valence-corrected chi connectivity index (χ1v) is 5.83. The van der Waals surface area contributed by atoms with E-state index in [2.05, 4.69) is 5.10 Å². The van der Waals surface area contributed by atoms with Gasteiger partial charge in [-0.25, -0.2) is 4.79 Å². The zero-order chi connectivity index (χ0) is 13.8. The Hall–Kier alpha value is -2.49. The highest BCUT2D eigenvalue weighted by molar-refractivity contribution is 7.89. The maximum absolute atomic E-state index is 11.5. The number of hydrogen-bond acceptors (Lipinski definition) is 6. The predicted octanol–water partition coefficient (Wildman–Crippen LogP) is -0.0565. The van der Waals surface area contributed by atoms with Crippen LogP contribution in [0.2, 0.25) is 0 Å². The number of carboxylic acid groups (broad SMARTS) is 1. The highest BCUT2D eigenvalue weighted by Gasteiger charge is 2.16. The average molecular weight is 273 g/mol. The molecule has 0 atom stereocenters. The molecule has 0 heterocycles. The molecule has 10 heteroatoms. The molecule has 0 aliphatic heterocycles. The molecule has 1 rings (SSSR count). The van der Waals surface area contributed by atoms with Crippen LogP contribution in [0.1, 0.15) is 0 Å². The number of nitro groups is 1. The van der Waals surface area contributed by atoms with Gasteiger partial charge < -0.3 is 5.11 Å². The number of aliphatic carboxylic acids is 1. The summed E-state index contributed by atoms with van der Waals surface area (Å²) in [7, 11) is -4.13. The second kappa shape index (κ2) is 5.23. The second-order valence-corrected chi connectivity index (χ2v) is 4.61. The third-order valence-electron chi connectivity index (χ3n) is 1.69. The van der Waals surface area contributed by atoms with Crippen molar-refractivity contribution < 1.29 is 23.2 Å². The normalized spacial score (nSPS) is 11.3. The topological polar surface area (TPSA) is 139 Å². The summed E-state index contributed by atoms with van der Waals surface area (Å²) < 4.78 is 23.1. The van der Waals surface area contributed by atoms with Crippen LogP contribution in [-0.4, -0.2) is 30.6 Å². The Morgan fingerprint density at radius 2 is 2.17 bits per heavy atom. The van der Waals surface area contributed by atoms with Crippen molar-refractivity contribution in [1.29, 1.82) is 0 Å². The molecule has 0 fully saturated rings. The minimum absolute atomic E-state index is 0.342. The number of nitrogens with zero attached hydrogens (tertiary/aromatic N) is 2. The summed E-state index contributed by atoms with van der Waals surface area (Å²) in [5.74, 6) is -1.43. The monoisotopic (exact) mass is 273 g/mol. The predicted molar refractivity (Wildman–Crippen MR) is 59.5 cm³/mol. The Morgan fingerprint density at radius 3 is 2.72 bits per heavy atom. The van der Waals surface area contributed by atoms with Crippen LogP contribution >= 0.6 is 0 Å². The van der Waals surface area contributed by atoms with E-state index in [9.17, 15) is 23.3 Å². The molecule has 18 heavy (non-hydrogen) atoms. The van der Waals surface area contributed by atoms with E-state index < -0.39 is 26.6 Å². The molecule has 0 bridgehead atoms. The molecule has 0 unspecified atom stereocenters. The second-order valence-electron chi connectivity index (χ2n) is 2.95. The Morgan fingerprint density at radius 1 is 1.50 bits per heavy atom. The van der Waals surface area contributed by atoms with Crippen molar-refractivity contribution in [2.24, 2.45) is 5.10 Å². The number of rotatable bonds is 5. The number of nitrogens with one attached hydrogen (secondary N) is 1. The highest BCUT2D eigenvalue weighted by atomic mass is 32.2. The van der Waals surface area contributed by atoms with Crippen molar-refractivity contribution in [3.8, 4) is 0 Å². The van der Waals surface area contributed by atoms with Crippen LogP contribution in [0.4, 0.5) is 5.69 Å². The number of carboxylic acids is 1. The quantitative estimate of drug-likeness (QED) is 0.437. The third-order valence-corrected chi connectivity index (χ3v) is 2.91. The van der Waals surface area contributed by atoms with E-state index in [1.165, 1.54) is 6.07 Å². The van der Waals surface area contributed by atoms with E-state index in [1.807, 2.05) is 0 Å². The Labute approximate surface area is 101 Å². The van der Waals surface area contributed by atoms with Gasteiger partial charge in [-0.1, -0.05) is 6.07 Å². The summed E-state index contributed by atoms with van der Waals surface area (Å²) in [5.41, 5.74) is -0.403. The molecule has 2 N–H and O–H groups in total. The number of benzene rings is 1. The first-order chi connectivity index (χ1) is 8.33. The van der Waals surface area contributed by atoms with Gasteiger partial charge in [0, 0.05) is 12.1 Å². The number of hydrazone groups is 1. The van der Waals surface area contributed by atoms with Crippen molar-refractivity contribution in [3.63, 3.8) is 0 Å². The standard InChI is InChI=1S/C8H7N3O6S/c12-8(13)5-9-10-18(16,17)7-3-1-2-6(4-7)11(14)15/h1-5,10H,(H,12,13). The molecule has 0 spiro atoms. The summed E-state index contributed by atoms with van der Waals surface area (Å²) >= 11 is 0. The third kappa shape index (κ3) is 3.52. The lowest BCUT2D eigenvalue weighted by Gasteiger charge is -2.02. The summed E-state index contributed by atoms with van der Waals surface area (Å²) in [6.07, 6.45) is 0.342. The number of sulfonamides is 1. The maximum Gasteiger partial charge on any atom is 0.348 e. The molecule has 0 saturated heterocycles. The van der Waals surface area contributed by atoms with Crippen LogP contribution < -0.4 is 4.83 Å². The van der Waals surface area contributed by atoms with Gasteiger partial charge in [-0.3, -0.25) is 10.1 Å². The van der Waals surface area contributed by atoms with Gasteiger partial charge in [0.1, 0.15) is 6.21 Å². The lowest BCUT2D eigenvalue weighted by Crippen LogP contribution is -2.19. The molecule has 0 aliphatic rings. The molecule has 0 amide bonds. The fourth-order valence-electron chi connectivity index (χ4n) is 0.968. The number of hydrogen-bond donors (Lipinski definition) is 2. The molecule has 1 aromatic rings. The van der Waals surface area contributed by atoms with E-state index in [0.717, 1.165) is 18.2 Å². The average Bonchev–Trinajstić information content (AvgIpc) is 2.28. The lowest BCUT2D eigenvalue weighted by molar-refractivity contribution is -0.385. The number of nitro benzene ring substituents is 1. The zero-order valence-electron chi connectivity index (χ0n) is 8.68. The van der Waals surface area contributed by atoms with Crippen molar-refractivity contribution in [2.45, 2.75) is 4.90 Å². The van der Waals surface area contributed by atoms with E-state index >= 15 is 0 Å². The van der Waals surface area contributed by atoms with Gasteiger partial charge in [0.05, 0.1) is 9.82 Å². The van der Waals surface area contributed by atoms with Gasteiger partial charge >= 0.3 is 5.97 Å². The van der Waals surface area contributed by atoms with Crippen LogP contribution in [0.15, 0.2) is 34.3 Å². The highest BCUT2D eigenvalue weighted by Crippen LogP contribution is 2.16. The molecule has 0 aromatic heterocycles. The summed E-state index contributed by atoms with van der Waals surface area (Å²) in [6.45, 7) is 0. The minimum atomic E-state index is -4.13. The van der Waals surface area contributed by atoms with Crippen molar-refractivity contribution in [3.05, 3.63) is 34.4 Å². The molecule has 0 radical (unpaired) electrons. The summed E-state index contributed by atoms with van der Waals surface area (Å²) in [6, 6.07) is 4.26. The molecule has 0 saturated carbocycles. The van der Waals surface area contributed by atoms with Crippen LogP contribution in [0.25, 0.3) is 0 Å². The fraction of sp³-hybridized carbons (Fsp3) is 0. The minimum Gasteiger partial charge on any atom is -0.477 e. The molecule has 9 nitrogen and oxygen atoms in total. The van der Waals surface area contributed by atoms with Crippen LogP contribution in [0.3, 0.4) is 0 Å². The van der Waals surface area contributed by atoms with Crippen LogP contribution in [-0.2, 0) is 14.8 Å². The van der Waals surface area contributed by atoms with E-state index in [-0.39, 0.29) is 4.90 Å². The smallest absolute Gasteiger partial charge is 0.348 e. The van der Waals surface area contributed by atoms with E-state index in [1.54, 1.807) is 4.83 Å². The van der Waals surface area contributed by atoms with Gasteiger partial charge in [-0.15, -0.1) is 0 Å². The molecular weight excluding hydrogens is 266 g/mol. The van der Waals surface area contributed by atoms with Crippen molar-refractivity contribution >= 4 is 27.9 Å². The van der Waals surface area contributed by atoms with Crippen LogP contribution in [0, 0.1) is 10.1 Å². The fourth-order valence-corrected chi connectivity index (χ4v) is 1.80. The Balaban J connectivity index is 3.02. The van der Waals surface area contributed by atoms with E-state index in [0.29, 0.717) is 6.21 Å². The largest absolute Gasteiger partial charge is 0.477 e. The molecule has 1 aromatic carbocycles. The summed E-state index contributed by atoms with van der Waals surface area (Å²) in [5, 5.41) is 21.7. The van der Waals surface area contributed by atoms with Crippen molar-refractivity contribution in [2.75, 3.05) is 0 Å². The molecule has 0 aliphatic carbocycles. The zero-order valence-corrected chi connectivity index (χ0v) is 9.49. The number of non-ortho nitro benzene ring substituents is 1. The van der Waals surface area contributed by atoms with Gasteiger partial charge in [0.25, 0.3) is 15.7 Å².